The normalized spacial score (nSPS) is 17.2. The quantitative estimate of drug-likeness (QED) is 0.833. The monoisotopic (exact) mass is 334 g/mol. The molecule has 1 aliphatic rings. The summed E-state index contributed by atoms with van der Waals surface area (Å²) in [7, 11) is 2.13. The first-order chi connectivity index (χ1) is 11.4. The maximum Gasteiger partial charge on any atom is 0.416 e. The average molecular weight is 334 g/mol. The highest BCUT2D eigenvalue weighted by Gasteiger charge is 2.30. The summed E-state index contributed by atoms with van der Waals surface area (Å²) in [6.45, 7) is 5.12. The van der Waals surface area contributed by atoms with Crippen molar-refractivity contribution in [2.24, 2.45) is 0 Å². The van der Waals surface area contributed by atoms with E-state index in [0.717, 1.165) is 44.4 Å². The zero-order valence-corrected chi connectivity index (χ0v) is 13.7. The van der Waals surface area contributed by atoms with Crippen molar-refractivity contribution in [2.75, 3.05) is 33.2 Å². The number of piperazine rings is 1. The maximum absolute atomic E-state index is 12.8. The Hall–Kier alpha value is -1.85. The van der Waals surface area contributed by atoms with Gasteiger partial charge in [0.1, 0.15) is 0 Å². The summed E-state index contributed by atoms with van der Waals surface area (Å²) in [4.78, 5) is 4.71. The summed E-state index contributed by atoms with van der Waals surface area (Å²) in [6.07, 6.45) is -4.31. The second-order valence-electron chi connectivity index (χ2n) is 6.35. The van der Waals surface area contributed by atoms with Crippen LogP contribution in [0.4, 0.5) is 13.2 Å². The molecule has 0 radical (unpaired) electrons. The maximum atomic E-state index is 12.8. The van der Waals surface area contributed by atoms with Crippen molar-refractivity contribution in [1.82, 2.24) is 9.80 Å². The van der Waals surface area contributed by atoms with Crippen LogP contribution in [-0.2, 0) is 12.7 Å². The number of hydrogen-bond acceptors (Lipinski definition) is 2. The molecule has 0 atom stereocenters. The molecule has 5 heteroatoms. The highest BCUT2D eigenvalue weighted by Crippen LogP contribution is 2.32. The van der Waals surface area contributed by atoms with Crippen molar-refractivity contribution in [2.45, 2.75) is 12.7 Å². The summed E-state index contributed by atoms with van der Waals surface area (Å²) >= 11 is 0. The van der Waals surface area contributed by atoms with Gasteiger partial charge in [0.2, 0.25) is 0 Å². The molecule has 3 rings (SSSR count). The van der Waals surface area contributed by atoms with Crippen LogP contribution in [0, 0.1) is 0 Å². The highest BCUT2D eigenvalue weighted by molar-refractivity contribution is 5.64. The van der Waals surface area contributed by atoms with Gasteiger partial charge in [-0.3, -0.25) is 4.90 Å². The largest absolute Gasteiger partial charge is 0.416 e. The van der Waals surface area contributed by atoms with Crippen molar-refractivity contribution in [3.63, 3.8) is 0 Å². The number of nitrogens with zero attached hydrogens (tertiary/aromatic N) is 2. The number of alkyl halides is 3. The van der Waals surface area contributed by atoms with E-state index in [1.807, 2.05) is 24.3 Å². The van der Waals surface area contributed by atoms with Crippen molar-refractivity contribution in [3.8, 4) is 11.1 Å². The van der Waals surface area contributed by atoms with E-state index in [9.17, 15) is 13.2 Å². The third kappa shape index (κ3) is 4.16. The molecule has 1 fully saturated rings. The van der Waals surface area contributed by atoms with Gasteiger partial charge in [-0.15, -0.1) is 0 Å². The lowest BCUT2D eigenvalue weighted by Crippen LogP contribution is -2.43. The molecule has 2 nitrogen and oxygen atoms in total. The Bertz CT molecular complexity index is 672. The molecule has 2 aromatic carbocycles. The van der Waals surface area contributed by atoms with Gasteiger partial charge in [-0.1, -0.05) is 36.4 Å². The molecule has 0 amide bonds. The minimum absolute atomic E-state index is 0.593. The van der Waals surface area contributed by atoms with E-state index >= 15 is 0 Å². The van der Waals surface area contributed by atoms with Gasteiger partial charge in [0.25, 0.3) is 0 Å². The van der Waals surface area contributed by atoms with Crippen molar-refractivity contribution in [3.05, 3.63) is 59.7 Å². The highest BCUT2D eigenvalue weighted by atomic mass is 19.4. The van der Waals surface area contributed by atoms with Crippen LogP contribution in [-0.4, -0.2) is 43.0 Å². The van der Waals surface area contributed by atoms with Gasteiger partial charge >= 0.3 is 6.18 Å². The molecule has 1 heterocycles. The molecule has 0 aromatic heterocycles. The zero-order chi connectivity index (χ0) is 17.2. The van der Waals surface area contributed by atoms with E-state index in [-0.39, 0.29) is 0 Å². The number of halogens is 3. The summed E-state index contributed by atoms with van der Waals surface area (Å²) in [5, 5.41) is 0. The number of benzene rings is 2. The second kappa shape index (κ2) is 6.95. The SMILES string of the molecule is CN1CCN(Cc2ccc(-c3cccc(C(F)(F)F)c3)cc2)CC1. The van der Waals surface area contributed by atoms with Gasteiger partial charge in [0.15, 0.2) is 0 Å². The first-order valence-electron chi connectivity index (χ1n) is 8.09. The molecule has 2 aromatic rings. The van der Waals surface area contributed by atoms with E-state index in [4.69, 9.17) is 0 Å². The molecule has 0 spiro atoms. The third-order valence-corrected chi connectivity index (χ3v) is 4.48. The van der Waals surface area contributed by atoms with Gasteiger partial charge in [-0.2, -0.15) is 13.2 Å². The van der Waals surface area contributed by atoms with Crippen LogP contribution < -0.4 is 0 Å². The third-order valence-electron chi connectivity index (χ3n) is 4.48. The number of rotatable bonds is 3. The Morgan fingerprint density at radius 2 is 1.54 bits per heavy atom. The van der Waals surface area contributed by atoms with Gasteiger partial charge in [-0.05, 0) is 35.9 Å². The summed E-state index contributed by atoms with van der Waals surface area (Å²) < 4.78 is 38.5. The second-order valence-corrected chi connectivity index (χ2v) is 6.35. The predicted molar refractivity (Wildman–Crippen MR) is 89.7 cm³/mol. The van der Waals surface area contributed by atoms with Crippen LogP contribution >= 0.6 is 0 Å². The van der Waals surface area contributed by atoms with Gasteiger partial charge in [-0.25, -0.2) is 0 Å². The molecule has 0 saturated carbocycles. The first-order valence-corrected chi connectivity index (χ1v) is 8.09. The fraction of sp³-hybridized carbons (Fsp3) is 0.368. The van der Waals surface area contributed by atoms with Crippen LogP contribution in [0.5, 0.6) is 0 Å². The molecule has 0 unspecified atom stereocenters. The fourth-order valence-corrected chi connectivity index (χ4v) is 2.94. The van der Waals surface area contributed by atoms with Gasteiger partial charge in [0.05, 0.1) is 5.56 Å². The molecular formula is C19H21F3N2. The van der Waals surface area contributed by atoms with E-state index in [0.29, 0.717) is 5.56 Å². The summed E-state index contributed by atoms with van der Waals surface area (Å²) in [6, 6.07) is 13.3. The molecule has 1 saturated heterocycles. The Morgan fingerprint density at radius 3 is 2.17 bits per heavy atom. The van der Waals surface area contributed by atoms with E-state index in [1.165, 1.54) is 17.7 Å². The minimum atomic E-state index is -4.31. The van der Waals surface area contributed by atoms with Crippen LogP contribution in [0.3, 0.4) is 0 Å². The molecule has 128 valence electrons. The van der Waals surface area contributed by atoms with Crippen LogP contribution in [0.1, 0.15) is 11.1 Å². The van der Waals surface area contributed by atoms with E-state index in [2.05, 4.69) is 16.8 Å². The van der Waals surface area contributed by atoms with Crippen LogP contribution in [0.2, 0.25) is 0 Å². The standard InChI is InChI=1S/C19H21F3N2/c1-23-9-11-24(12-10-23)14-15-5-7-16(8-6-15)17-3-2-4-18(13-17)19(20,21)22/h2-8,13H,9-12,14H2,1H3. The lowest BCUT2D eigenvalue weighted by atomic mass is 10.0. The van der Waals surface area contributed by atoms with Gasteiger partial charge in [0, 0.05) is 32.7 Å². The Labute approximate surface area is 140 Å². The molecular weight excluding hydrogens is 313 g/mol. The van der Waals surface area contributed by atoms with Crippen LogP contribution in [0.25, 0.3) is 11.1 Å². The zero-order valence-electron chi connectivity index (χ0n) is 13.7. The predicted octanol–water partition coefficient (Wildman–Crippen LogP) is 4.12. The molecule has 0 bridgehead atoms. The van der Waals surface area contributed by atoms with Crippen LogP contribution in [0.15, 0.2) is 48.5 Å². The number of likely N-dealkylation sites (N-methyl/N-ethyl adjacent to an activating group) is 1. The number of hydrogen-bond donors (Lipinski definition) is 0. The lowest BCUT2D eigenvalue weighted by Gasteiger charge is -2.32. The fourth-order valence-electron chi connectivity index (χ4n) is 2.94. The Kier molecular flexibility index (Phi) is 4.92. The summed E-state index contributed by atoms with van der Waals surface area (Å²) in [5.74, 6) is 0. The molecule has 1 aliphatic heterocycles. The smallest absolute Gasteiger partial charge is 0.304 e. The first kappa shape index (κ1) is 17.0. The lowest BCUT2D eigenvalue weighted by molar-refractivity contribution is -0.137. The van der Waals surface area contributed by atoms with E-state index < -0.39 is 11.7 Å². The van der Waals surface area contributed by atoms with E-state index in [1.54, 1.807) is 6.07 Å². The molecule has 24 heavy (non-hydrogen) atoms. The summed E-state index contributed by atoms with van der Waals surface area (Å²) in [5.41, 5.74) is 1.98. The van der Waals surface area contributed by atoms with Gasteiger partial charge < -0.3 is 4.90 Å². The topological polar surface area (TPSA) is 6.48 Å². The van der Waals surface area contributed by atoms with Crippen molar-refractivity contribution < 1.29 is 13.2 Å². The van der Waals surface area contributed by atoms with Crippen molar-refractivity contribution >= 4 is 0 Å². The average Bonchev–Trinajstić information content (AvgIpc) is 2.57. The molecule has 0 N–H and O–H groups in total. The minimum Gasteiger partial charge on any atom is -0.304 e. The Morgan fingerprint density at radius 1 is 0.875 bits per heavy atom. The Balaban J connectivity index is 1.70. The van der Waals surface area contributed by atoms with Crippen molar-refractivity contribution in [1.29, 1.82) is 0 Å². The molecule has 0 aliphatic carbocycles.